The molecule has 0 aliphatic carbocycles. The van der Waals surface area contributed by atoms with Crippen molar-refractivity contribution in [1.82, 2.24) is 15.6 Å². The Labute approximate surface area is 77.2 Å². The van der Waals surface area contributed by atoms with Crippen LogP contribution in [0.25, 0.3) is 0 Å². The van der Waals surface area contributed by atoms with Crippen LogP contribution >= 0.6 is 0 Å². The van der Waals surface area contributed by atoms with Crippen molar-refractivity contribution in [3.63, 3.8) is 0 Å². The lowest BCUT2D eigenvalue weighted by Gasteiger charge is -2.06. The molecule has 13 heavy (non-hydrogen) atoms. The number of urea groups is 1. The Balaban J connectivity index is 0. The van der Waals surface area contributed by atoms with Crippen LogP contribution in [0.5, 0.6) is 0 Å². The Morgan fingerprint density at radius 1 is 1.31 bits per heavy atom. The lowest BCUT2D eigenvalue weighted by Crippen LogP contribution is -2.39. The van der Waals surface area contributed by atoms with Crippen LogP contribution in [0.15, 0.2) is 0 Å². The zero-order valence-corrected chi connectivity index (χ0v) is 8.25. The predicted octanol–water partition coefficient (Wildman–Crippen LogP) is -0.896. The second-order valence-electron chi connectivity index (χ2n) is 1.91. The molecule has 0 aliphatic heterocycles. The molecule has 0 aromatic rings. The van der Waals surface area contributed by atoms with Crippen molar-refractivity contribution in [1.29, 1.82) is 0 Å². The van der Waals surface area contributed by atoms with Gasteiger partial charge < -0.3 is 15.4 Å². The first-order valence-corrected chi connectivity index (χ1v) is 3.45. The molecule has 0 saturated heterocycles. The Morgan fingerprint density at radius 2 is 1.77 bits per heavy atom. The first-order chi connectivity index (χ1) is 5.99. The van der Waals surface area contributed by atoms with Crippen LogP contribution in [0.1, 0.15) is 0 Å². The number of amides is 3. The van der Waals surface area contributed by atoms with Gasteiger partial charge in [-0.15, -0.1) is 0 Å². The molecule has 4 N–H and O–H groups in total. The van der Waals surface area contributed by atoms with Crippen LogP contribution in [-0.4, -0.2) is 45.4 Å². The van der Waals surface area contributed by atoms with Gasteiger partial charge in [-0.25, -0.2) is 15.4 Å². The summed E-state index contributed by atoms with van der Waals surface area (Å²) in [6.07, 6.45) is -0.407. The number of carbonyl (C=O) groups is 2. The molecule has 0 bridgehead atoms. The minimum atomic E-state index is -0.407. The maximum atomic E-state index is 10.2. The zero-order valence-electron chi connectivity index (χ0n) is 8.25. The van der Waals surface area contributed by atoms with Crippen LogP contribution in [0.4, 0.5) is 9.59 Å². The number of nitrogens with two attached hydrogens (primary N) is 1. The number of nitrogens with one attached hydrogen (secondary N) is 2. The van der Waals surface area contributed by atoms with E-state index in [9.17, 15) is 9.59 Å². The van der Waals surface area contributed by atoms with E-state index in [1.807, 2.05) is 0 Å². The lowest BCUT2D eigenvalue weighted by molar-refractivity contribution is 0.173. The van der Waals surface area contributed by atoms with E-state index in [-0.39, 0.29) is 6.03 Å². The highest BCUT2D eigenvalue weighted by Crippen LogP contribution is 1.65. The van der Waals surface area contributed by atoms with Crippen LogP contribution in [0.3, 0.4) is 0 Å². The number of hydrazine groups is 1. The van der Waals surface area contributed by atoms with Gasteiger partial charge in [0.1, 0.15) is 0 Å². The van der Waals surface area contributed by atoms with Gasteiger partial charge >= 0.3 is 12.1 Å². The summed E-state index contributed by atoms with van der Waals surface area (Å²) in [4.78, 5) is 20.0. The van der Waals surface area contributed by atoms with Crippen molar-refractivity contribution >= 4 is 12.1 Å². The summed E-state index contributed by atoms with van der Waals surface area (Å²) in [6, 6.07) is -0.292. The van der Waals surface area contributed by atoms with Gasteiger partial charge in [-0.05, 0) is 0 Å². The standard InChI is InChI=1S/C3H9N3O.C3H7NO2/c1-5-3(7)6(2)4;1-4-3(5)6-2/h4H2,1-2H3,(H,5,7);1-2H3,(H,4,5). The Hall–Kier alpha value is -1.50. The smallest absolute Gasteiger partial charge is 0.406 e. The number of carbonyl (C=O) groups excluding carboxylic acids is 2. The zero-order chi connectivity index (χ0) is 10.9. The Kier molecular flexibility index (Phi) is 9.29. The molecule has 0 atom stereocenters. The van der Waals surface area contributed by atoms with E-state index in [4.69, 9.17) is 5.84 Å². The van der Waals surface area contributed by atoms with Crippen LogP contribution < -0.4 is 16.5 Å². The van der Waals surface area contributed by atoms with Gasteiger partial charge in [0, 0.05) is 21.1 Å². The van der Waals surface area contributed by atoms with Gasteiger partial charge in [-0.1, -0.05) is 0 Å². The molecule has 7 nitrogen and oxygen atoms in total. The van der Waals surface area contributed by atoms with Gasteiger partial charge in [-0.3, -0.25) is 5.01 Å². The number of hydrogen-bond acceptors (Lipinski definition) is 4. The largest absolute Gasteiger partial charge is 0.453 e. The van der Waals surface area contributed by atoms with Gasteiger partial charge in [0.15, 0.2) is 0 Å². The number of nitrogens with zero attached hydrogens (tertiary/aromatic N) is 1. The average Bonchev–Trinajstić information content (AvgIpc) is 2.16. The number of ether oxygens (including phenoxy) is 1. The summed E-state index contributed by atoms with van der Waals surface area (Å²) < 4.78 is 4.15. The third-order valence-corrected chi connectivity index (χ3v) is 0.924. The van der Waals surface area contributed by atoms with E-state index in [1.54, 1.807) is 0 Å². The average molecular weight is 192 g/mol. The molecule has 0 fully saturated rings. The second kappa shape index (κ2) is 8.60. The molecule has 0 spiro atoms. The van der Waals surface area contributed by atoms with Crippen molar-refractivity contribution in [3.8, 4) is 0 Å². The van der Waals surface area contributed by atoms with Crippen molar-refractivity contribution in [2.75, 3.05) is 28.3 Å². The Morgan fingerprint density at radius 3 is 1.77 bits per heavy atom. The summed E-state index contributed by atoms with van der Waals surface area (Å²) in [5, 5.41) is 5.55. The molecule has 7 heteroatoms. The number of hydrogen-bond donors (Lipinski definition) is 3. The first kappa shape index (κ1) is 14.0. The fourth-order valence-electron chi connectivity index (χ4n) is 0.278. The molecule has 3 amide bonds. The minimum absolute atomic E-state index is 0.292. The third-order valence-electron chi connectivity index (χ3n) is 0.924. The van der Waals surface area contributed by atoms with Gasteiger partial charge in [0.2, 0.25) is 0 Å². The first-order valence-electron chi connectivity index (χ1n) is 3.45. The van der Waals surface area contributed by atoms with Gasteiger partial charge in [0.05, 0.1) is 7.11 Å². The van der Waals surface area contributed by atoms with E-state index in [2.05, 4.69) is 15.4 Å². The van der Waals surface area contributed by atoms with E-state index in [1.165, 1.54) is 28.3 Å². The number of methoxy groups -OCH3 is 1. The highest BCUT2D eigenvalue weighted by molar-refractivity contribution is 5.72. The normalized spacial score (nSPS) is 7.46. The fraction of sp³-hybridized carbons (Fsp3) is 0.667. The summed E-state index contributed by atoms with van der Waals surface area (Å²) in [5.74, 6) is 4.97. The SMILES string of the molecule is CNC(=O)N(C)N.CNC(=O)OC. The molecule has 0 rings (SSSR count). The summed E-state index contributed by atoms with van der Waals surface area (Å²) in [7, 11) is 5.81. The molecule has 0 radical (unpaired) electrons. The molecule has 0 aliphatic rings. The topological polar surface area (TPSA) is 96.7 Å². The maximum Gasteiger partial charge on any atom is 0.406 e. The third kappa shape index (κ3) is 10.5. The maximum absolute atomic E-state index is 10.2. The van der Waals surface area contributed by atoms with E-state index in [0.29, 0.717) is 0 Å². The van der Waals surface area contributed by atoms with Crippen molar-refractivity contribution < 1.29 is 14.3 Å². The number of alkyl carbamates (subject to hydrolysis) is 1. The van der Waals surface area contributed by atoms with Gasteiger partial charge in [-0.2, -0.15) is 0 Å². The van der Waals surface area contributed by atoms with Crippen LogP contribution in [0, 0.1) is 0 Å². The molecule has 0 aromatic heterocycles. The summed E-state index contributed by atoms with van der Waals surface area (Å²) in [6.45, 7) is 0. The monoisotopic (exact) mass is 192 g/mol. The molecule has 0 saturated carbocycles. The van der Waals surface area contributed by atoms with Crippen molar-refractivity contribution in [2.24, 2.45) is 5.84 Å². The van der Waals surface area contributed by atoms with Gasteiger partial charge in [0.25, 0.3) is 0 Å². The molecule has 0 aromatic carbocycles. The molecule has 0 heterocycles. The van der Waals surface area contributed by atoms with E-state index < -0.39 is 6.09 Å². The fourth-order valence-corrected chi connectivity index (χ4v) is 0.278. The second-order valence-corrected chi connectivity index (χ2v) is 1.91. The van der Waals surface area contributed by atoms with Crippen LogP contribution in [-0.2, 0) is 4.74 Å². The molecule has 78 valence electrons. The van der Waals surface area contributed by atoms with E-state index in [0.717, 1.165) is 5.01 Å². The number of rotatable bonds is 0. The highest BCUT2D eigenvalue weighted by atomic mass is 16.5. The molecule has 0 unspecified atom stereocenters. The molecular weight excluding hydrogens is 176 g/mol. The van der Waals surface area contributed by atoms with Crippen molar-refractivity contribution in [2.45, 2.75) is 0 Å². The molecular formula is C6H16N4O3. The predicted molar refractivity (Wildman–Crippen MR) is 47.9 cm³/mol. The van der Waals surface area contributed by atoms with Crippen LogP contribution in [0.2, 0.25) is 0 Å². The van der Waals surface area contributed by atoms with Crippen molar-refractivity contribution in [3.05, 3.63) is 0 Å². The highest BCUT2D eigenvalue weighted by Gasteiger charge is 1.94. The Bertz CT molecular complexity index is 154. The lowest BCUT2D eigenvalue weighted by atomic mass is 10.9. The quantitative estimate of drug-likeness (QED) is 0.263. The van der Waals surface area contributed by atoms with E-state index >= 15 is 0 Å². The minimum Gasteiger partial charge on any atom is -0.453 e. The summed E-state index contributed by atoms with van der Waals surface area (Å²) in [5.41, 5.74) is 0. The summed E-state index contributed by atoms with van der Waals surface area (Å²) >= 11 is 0.